The van der Waals surface area contributed by atoms with Crippen LogP contribution in [0.25, 0.3) is 0 Å². The minimum atomic E-state index is -1.49. The Morgan fingerprint density at radius 3 is 2.56 bits per heavy atom. The SMILES string of the molecule is NC(CCc1ccco1)c1ccc(F)c(F)c1F. The minimum absolute atomic E-state index is 0.0274. The van der Waals surface area contributed by atoms with Gasteiger partial charge >= 0.3 is 0 Å². The number of hydrogen-bond donors (Lipinski definition) is 1. The van der Waals surface area contributed by atoms with E-state index < -0.39 is 23.5 Å². The van der Waals surface area contributed by atoms with Crippen LogP contribution in [0, 0.1) is 17.5 Å². The van der Waals surface area contributed by atoms with Crippen LogP contribution in [0.1, 0.15) is 23.8 Å². The van der Waals surface area contributed by atoms with Crippen LogP contribution in [0.3, 0.4) is 0 Å². The van der Waals surface area contributed by atoms with E-state index in [1.54, 1.807) is 12.1 Å². The predicted octanol–water partition coefficient (Wildman–Crippen LogP) is 3.33. The summed E-state index contributed by atoms with van der Waals surface area (Å²) in [6.45, 7) is 0. The summed E-state index contributed by atoms with van der Waals surface area (Å²) >= 11 is 0. The summed E-state index contributed by atoms with van der Waals surface area (Å²) in [5.74, 6) is -3.20. The normalized spacial score (nSPS) is 12.7. The molecule has 0 amide bonds. The van der Waals surface area contributed by atoms with Gasteiger partial charge in [0.15, 0.2) is 17.5 Å². The molecule has 0 aliphatic heterocycles. The molecule has 0 spiro atoms. The lowest BCUT2D eigenvalue weighted by molar-refractivity contribution is 0.430. The average Bonchev–Trinajstić information content (AvgIpc) is 2.86. The molecule has 18 heavy (non-hydrogen) atoms. The summed E-state index contributed by atoms with van der Waals surface area (Å²) in [7, 11) is 0. The van der Waals surface area contributed by atoms with Gasteiger partial charge in [0.25, 0.3) is 0 Å². The molecule has 0 bridgehead atoms. The van der Waals surface area contributed by atoms with Gasteiger partial charge in [-0.25, -0.2) is 13.2 Å². The molecule has 0 saturated heterocycles. The summed E-state index contributed by atoms with van der Waals surface area (Å²) < 4.78 is 44.4. The molecule has 1 unspecified atom stereocenters. The van der Waals surface area contributed by atoms with E-state index in [0.717, 1.165) is 6.07 Å². The summed E-state index contributed by atoms with van der Waals surface area (Å²) in [6, 6.07) is 4.85. The zero-order chi connectivity index (χ0) is 13.1. The van der Waals surface area contributed by atoms with Crippen LogP contribution in [-0.4, -0.2) is 0 Å². The van der Waals surface area contributed by atoms with Crippen LogP contribution < -0.4 is 5.73 Å². The van der Waals surface area contributed by atoms with Gasteiger partial charge in [0.05, 0.1) is 6.26 Å². The monoisotopic (exact) mass is 255 g/mol. The number of rotatable bonds is 4. The predicted molar refractivity (Wildman–Crippen MR) is 60.3 cm³/mol. The molecule has 2 N–H and O–H groups in total. The van der Waals surface area contributed by atoms with Crippen LogP contribution in [0.2, 0.25) is 0 Å². The zero-order valence-electron chi connectivity index (χ0n) is 9.50. The van der Waals surface area contributed by atoms with Crippen LogP contribution in [-0.2, 0) is 6.42 Å². The van der Waals surface area contributed by atoms with Gasteiger partial charge in [-0.3, -0.25) is 0 Å². The Kier molecular flexibility index (Phi) is 3.72. The third-order valence-electron chi connectivity index (χ3n) is 2.75. The van der Waals surface area contributed by atoms with Crippen LogP contribution in [0.4, 0.5) is 13.2 Å². The largest absolute Gasteiger partial charge is 0.469 e. The van der Waals surface area contributed by atoms with Crippen molar-refractivity contribution in [2.24, 2.45) is 5.73 Å². The number of benzene rings is 1. The number of furan rings is 1. The third kappa shape index (κ3) is 2.56. The van der Waals surface area contributed by atoms with E-state index >= 15 is 0 Å². The number of hydrogen-bond acceptors (Lipinski definition) is 2. The lowest BCUT2D eigenvalue weighted by atomic mass is 10.0. The Bertz CT molecular complexity index is 525. The highest BCUT2D eigenvalue weighted by Gasteiger charge is 2.18. The van der Waals surface area contributed by atoms with E-state index in [1.165, 1.54) is 12.3 Å². The highest BCUT2D eigenvalue weighted by Crippen LogP contribution is 2.23. The highest BCUT2D eigenvalue weighted by molar-refractivity contribution is 5.23. The van der Waals surface area contributed by atoms with Gasteiger partial charge in [0, 0.05) is 18.0 Å². The Hall–Kier alpha value is -1.75. The van der Waals surface area contributed by atoms with E-state index in [-0.39, 0.29) is 5.56 Å². The molecule has 96 valence electrons. The molecule has 2 rings (SSSR count). The van der Waals surface area contributed by atoms with Crippen molar-refractivity contribution in [3.8, 4) is 0 Å². The van der Waals surface area contributed by atoms with Crippen molar-refractivity contribution >= 4 is 0 Å². The van der Waals surface area contributed by atoms with Crippen LogP contribution in [0.15, 0.2) is 34.9 Å². The highest BCUT2D eigenvalue weighted by atomic mass is 19.2. The fourth-order valence-electron chi connectivity index (χ4n) is 1.74. The van der Waals surface area contributed by atoms with Crippen molar-refractivity contribution in [2.45, 2.75) is 18.9 Å². The average molecular weight is 255 g/mol. The molecule has 0 saturated carbocycles. The summed E-state index contributed by atoms with van der Waals surface area (Å²) in [5.41, 5.74) is 5.73. The molecule has 0 aliphatic carbocycles. The summed E-state index contributed by atoms with van der Waals surface area (Å²) in [6.07, 6.45) is 2.42. The Balaban J connectivity index is 2.09. The lowest BCUT2D eigenvalue weighted by Gasteiger charge is -2.12. The molecule has 0 aliphatic rings. The Morgan fingerprint density at radius 2 is 1.89 bits per heavy atom. The van der Waals surface area contributed by atoms with E-state index in [9.17, 15) is 13.2 Å². The second-order valence-electron chi connectivity index (χ2n) is 3.99. The standard InChI is InChI=1S/C13H12F3NO/c14-10-5-4-9(12(15)13(10)16)11(17)6-3-8-2-1-7-18-8/h1-2,4-5,7,11H,3,6,17H2. The maximum absolute atomic E-state index is 13.5. The summed E-state index contributed by atoms with van der Waals surface area (Å²) in [5, 5.41) is 0. The lowest BCUT2D eigenvalue weighted by Crippen LogP contribution is -2.14. The van der Waals surface area contributed by atoms with Crippen molar-refractivity contribution in [3.05, 3.63) is 59.3 Å². The fraction of sp³-hybridized carbons (Fsp3) is 0.231. The molecule has 5 heteroatoms. The number of aryl methyl sites for hydroxylation is 1. The maximum Gasteiger partial charge on any atom is 0.194 e. The second-order valence-corrected chi connectivity index (χ2v) is 3.99. The molecule has 1 atom stereocenters. The maximum atomic E-state index is 13.5. The molecule has 1 aromatic carbocycles. The zero-order valence-corrected chi connectivity index (χ0v) is 9.50. The molecule has 0 fully saturated rings. The molecule has 0 radical (unpaired) electrons. The van der Waals surface area contributed by atoms with Gasteiger partial charge in [-0.15, -0.1) is 0 Å². The fourth-order valence-corrected chi connectivity index (χ4v) is 1.74. The van der Waals surface area contributed by atoms with Gasteiger partial charge in [0.1, 0.15) is 5.76 Å². The topological polar surface area (TPSA) is 39.2 Å². The second kappa shape index (κ2) is 5.27. The molecule has 2 aromatic rings. The van der Waals surface area contributed by atoms with E-state index in [4.69, 9.17) is 10.2 Å². The van der Waals surface area contributed by atoms with Crippen molar-refractivity contribution in [1.82, 2.24) is 0 Å². The summed E-state index contributed by atoms with van der Waals surface area (Å²) in [4.78, 5) is 0. The smallest absolute Gasteiger partial charge is 0.194 e. The van der Waals surface area contributed by atoms with Gasteiger partial charge in [-0.1, -0.05) is 6.07 Å². The molecular weight excluding hydrogens is 243 g/mol. The Labute approximate surface area is 102 Å². The van der Waals surface area contributed by atoms with E-state index in [0.29, 0.717) is 18.6 Å². The van der Waals surface area contributed by atoms with Crippen molar-refractivity contribution in [1.29, 1.82) is 0 Å². The number of halogens is 3. The van der Waals surface area contributed by atoms with Gasteiger partial charge in [-0.05, 0) is 24.6 Å². The van der Waals surface area contributed by atoms with E-state index in [1.807, 2.05) is 0 Å². The first-order valence-corrected chi connectivity index (χ1v) is 5.51. The van der Waals surface area contributed by atoms with E-state index in [2.05, 4.69) is 0 Å². The van der Waals surface area contributed by atoms with Crippen molar-refractivity contribution in [3.63, 3.8) is 0 Å². The first kappa shape index (κ1) is 12.7. The minimum Gasteiger partial charge on any atom is -0.469 e. The first-order valence-electron chi connectivity index (χ1n) is 5.51. The van der Waals surface area contributed by atoms with Crippen LogP contribution in [0.5, 0.6) is 0 Å². The molecule has 2 nitrogen and oxygen atoms in total. The van der Waals surface area contributed by atoms with Crippen LogP contribution >= 0.6 is 0 Å². The first-order chi connectivity index (χ1) is 8.59. The van der Waals surface area contributed by atoms with Gasteiger partial charge < -0.3 is 10.2 Å². The number of nitrogens with two attached hydrogens (primary N) is 1. The van der Waals surface area contributed by atoms with Crippen molar-refractivity contribution in [2.75, 3.05) is 0 Å². The Morgan fingerprint density at radius 1 is 1.11 bits per heavy atom. The molecule has 1 aromatic heterocycles. The molecule has 1 heterocycles. The van der Waals surface area contributed by atoms with Crippen molar-refractivity contribution < 1.29 is 17.6 Å². The molecular formula is C13H12F3NO. The van der Waals surface area contributed by atoms with Gasteiger partial charge in [-0.2, -0.15) is 0 Å². The van der Waals surface area contributed by atoms with Gasteiger partial charge in [0.2, 0.25) is 0 Å². The quantitative estimate of drug-likeness (QED) is 0.851. The third-order valence-corrected chi connectivity index (χ3v) is 2.75.